The van der Waals surface area contributed by atoms with E-state index < -0.39 is 5.60 Å². The van der Waals surface area contributed by atoms with Crippen LogP contribution in [0.1, 0.15) is 27.2 Å². The summed E-state index contributed by atoms with van der Waals surface area (Å²) in [6.07, 6.45) is 0.774. The quantitative estimate of drug-likeness (QED) is 0.553. The molecule has 1 atom stereocenters. The Morgan fingerprint density at radius 3 is 2.20 bits per heavy atom. The van der Waals surface area contributed by atoms with Gasteiger partial charge in [-0.15, -0.1) is 0 Å². The third-order valence-electron chi connectivity index (χ3n) is 2.40. The van der Waals surface area contributed by atoms with E-state index in [2.05, 4.69) is 0 Å². The molecule has 10 heavy (non-hydrogen) atoms. The Balaban J connectivity index is 2.67. The van der Waals surface area contributed by atoms with Crippen molar-refractivity contribution >= 4 is 0 Å². The molecule has 60 valence electrons. The molecule has 1 aliphatic rings. The second-order valence-corrected chi connectivity index (χ2v) is 4.08. The number of rotatable bonds is 0. The van der Waals surface area contributed by atoms with Crippen molar-refractivity contribution in [2.45, 2.75) is 32.8 Å². The van der Waals surface area contributed by atoms with Gasteiger partial charge in [0.2, 0.25) is 0 Å². The van der Waals surface area contributed by atoms with E-state index in [-0.39, 0.29) is 5.41 Å². The average Bonchev–Trinajstić information content (AvgIpc) is 2.13. The summed E-state index contributed by atoms with van der Waals surface area (Å²) >= 11 is 0. The molecule has 1 aliphatic heterocycles. The Hall–Kier alpha value is -0.0800. The first kappa shape index (κ1) is 8.02. The van der Waals surface area contributed by atoms with Gasteiger partial charge < -0.3 is 9.84 Å². The van der Waals surface area contributed by atoms with Crippen LogP contribution in [-0.4, -0.2) is 23.9 Å². The van der Waals surface area contributed by atoms with Gasteiger partial charge in [-0.25, -0.2) is 0 Å². The maximum absolute atomic E-state index is 9.90. The maximum atomic E-state index is 9.90. The van der Waals surface area contributed by atoms with E-state index in [1.54, 1.807) is 0 Å². The van der Waals surface area contributed by atoms with E-state index in [9.17, 15) is 5.11 Å². The van der Waals surface area contributed by atoms with Gasteiger partial charge in [0.1, 0.15) is 0 Å². The van der Waals surface area contributed by atoms with Crippen LogP contribution in [0.2, 0.25) is 0 Å². The lowest BCUT2D eigenvalue weighted by Crippen LogP contribution is -2.43. The minimum atomic E-state index is -0.590. The highest BCUT2D eigenvalue weighted by Crippen LogP contribution is 2.36. The first-order valence-corrected chi connectivity index (χ1v) is 3.76. The fourth-order valence-corrected chi connectivity index (χ4v) is 1.15. The van der Waals surface area contributed by atoms with Crippen molar-refractivity contribution in [2.24, 2.45) is 5.41 Å². The van der Waals surface area contributed by atoms with Crippen LogP contribution in [0.15, 0.2) is 0 Å². The molecule has 2 nitrogen and oxygen atoms in total. The van der Waals surface area contributed by atoms with Crippen LogP contribution in [0.25, 0.3) is 0 Å². The second kappa shape index (κ2) is 2.21. The molecular formula is C8H16O2. The molecule has 1 saturated heterocycles. The summed E-state index contributed by atoms with van der Waals surface area (Å²) in [7, 11) is 0. The van der Waals surface area contributed by atoms with Gasteiger partial charge in [0.15, 0.2) is 0 Å². The normalized spacial score (nSPS) is 34.8. The third kappa shape index (κ3) is 1.18. The lowest BCUT2D eigenvalue weighted by Gasteiger charge is -2.35. The summed E-state index contributed by atoms with van der Waals surface area (Å²) in [4.78, 5) is 0. The van der Waals surface area contributed by atoms with Gasteiger partial charge in [-0.05, 0) is 5.41 Å². The van der Waals surface area contributed by atoms with Crippen molar-refractivity contribution in [2.75, 3.05) is 13.2 Å². The van der Waals surface area contributed by atoms with Crippen LogP contribution in [0.3, 0.4) is 0 Å². The highest BCUT2D eigenvalue weighted by Gasteiger charge is 2.42. The molecule has 1 rings (SSSR count). The number of hydrogen-bond donors (Lipinski definition) is 1. The van der Waals surface area contributed by atoms with Gasteiger partial charge in [0.05, 0.1) is 12.2 Å². The molecule has 0 aromatic heterocycles. The zero-order valence-electron chi connectivity index (χ0n) is 6.98. The molecule has 0 aliphatic carbocycles. The van der Waals surface area contributed by atoms with Gasteiger partial charge in [0, 0.05) is 13.0 Å². The molecule has 0 spiro atoms. The van der Waals surface area contributed by atoms with Gasteiger partial charge in [0.25, 0.3) is 0 Å². The largest absolute Gasteiger partial charge is 0.387 e. The Morgan fingerprint density at radius 2 is 2.00 bits per heavy atom. The molecule has 0 bridgehead atoms. The van der Waals surface area contributed by atoms with E-state index >= 15 is 0 Å². The van der Waals surface area contributed by atoms with Crippen LogP contribution in [0.5, 0.6) is 0 Å². The lowest BCUT2D eigenvalue weighted by molar-refractivity contribution is -0.0604. The molecule has 0 aromatic carbocycles. The minimum absolute atomic E-state index is 0.0521. The Bertz CT molecular complexity index is 118. The topological polar surface area (TPSA) is 29.5 Å². The molecule has 1 N–H and O–H groups in total. The maximum Gasteiger partial charge on any atom is 0.0949 e. The van der Waals surface area contributed by atoms with Crippen LogP contribution in [0.4, 0.5) is 0 Å². The van der Waals surface area contributed by atoms with Gasteiger partial charge in [-0.2, -0.15) is 0 Å². The zero-order chi connectivity index (χ0) is 7.83. The van der Waals surface area contributed by atoms with E-state index in [1.807, 2.05) is 20.8 Å². The minimum Gasteiger partial charge on any atom is -0.387 e. The highest BCUT2D eigenvalue weighted by atomic mass is 16.5. The summed E-state index contributed by atoms with van der Waals surface area (Å²) < 4.78 is 5.14. The van der Waals surface area contributed by atoms with E-state index in [0.29, 0.717) is 13.2 Å². The van der Waals surface area contributed by atoms with E-state index in [1.165, 1.54) is 0 Å². The Morgan fingerprint density at radius 1 is 1.40 bits per heavy atom. The van der Waals surface area contributed by atoms with E-state index in [4.69, 9.17) is 4.74 Å². The molecule has 2 heteroatoms. The summed E-state index contributed by atoms with van der Waals surface area (Å²) in [6, 6.07) is 0. The standard InChI is InChI=1S/C8H16O2/c1-7(2,3)8(9)4-5-10-6-8/h9H,4-6H2,1-3H3. The van der Waals surface area contributed by atoms with Crippen LogP contribution in [0, 0.1) is 5.41 Å². The molecule has 1 unspecified atom stereocenters. The van der Waals surface area contributed by atoms with E-state index in [0.717, 1.165) is 6.42 Å². The number of aliphatic hydroxyl groups is 1. The summed E-state index contributed by atoms with van der Waals surface area (Å²) in [5.74, 6) is 0. The van der Waals surface area contributed by atoms with Crippen molar-refractivity contribution in [3.8, 4) is 0 Å². The Labute approximate surface area is 62.2 Å². The van der Waals surface area contributed by atoms with Crippen LogP contribution < -0.4 is 0 Å². The molecular weight excluding hydrogens is 128 g/mol. The molecule has 0 radical (unpaired) electrons. The molecule has 0 amide bonds. The van der Waals surface area contributed by atoms with Gasteiger partial charge >= 0.3 is 0 Å². The highest BCUT2D eigenvalue weighted by molar-refractivity contribution is 4.93. The summed E-state index contributed by atoms with van der Waals surface area (Å²) in [5.41, 5.74) is -0.642. The van der Waals surface area contributed by atoms with Crippen LogP contribution in [-0.2, 0) is 4.74 Å². The average molecular weight is 144 g/mol. The lowest BCUT2D eigenvalue weighted by atomic mass is 9.76. The summed E-state index contributed by atoms with van der Waals surface area (Å²) in [6.45, 7) is 7.33. The molecule has 1 fully saturated rings. The third-order valence-corrected chi connectivity index (χ3v) is 2.40. The van der Waals surface area contributed by atoms with Crippen molar-refractivity contribution in [1.29, 1.82) is 0 Å². The fraction of sp³-hybridized carbons (Fsp3) is 1.00. The van der Waals surface area contributed by atoms with Crippen molar-refractivity contribution in [3.05, 3.63) is 0 Å². The fourth-order valence-electron chi connectivity index (χ4n) is 1.15. The predicted molar refractivity (Wildman–Crippen MR) is 39.8 cm³/mol. The smallest absolute Gasteiger partial charge is 0.0949 e. The number of hydrogen-bond acceptors (Lipinski definition) is 2. The molecule has 1 heterocycles. The van der Waals surface area contributed by atoms with Crippen molar-refractivity contribution < 1.29 is 9.84 Å². The zero-order valence-corrected chi connectivity index (χ0v) is 6.98. The van der Waals surface area contributed by atoms with Gasteiger partial charge in [-0.1, -0.05) is 20.8 Å². The summed E-state index contributed by atoms with van der Waals surface area (Å²) in [5, 5.41) is 9.90. The molecule has 0 saturated carbocycles. The van der Waals surface area contributed by atoms with Crippen molar-refractivity contribution in [1.82, 2.24) is 0 Å². The molecule has 0 aromatic rings. The first-order chi connectivity index (χ1) is 4.46. The van der Waals surface area contributed by atoms with Crippen LogP contribution >= 0.6 is 0 Å². The SMILES string of the molecule is CC(C)(C)C1(O)CCOC1. The predicted octanol–water partition coefficient (Wildman–Crippen LogP) is 1.18. The van der Waals surface area contributed by atoms with Crippen molar-refractivity contribution in [3.63, 3.8) is 0 Å². The second-order valence-electron chi connectivity index (χ2n) is 4.08. The monoisotopic (exact) mass is 144 g/mol. The first-order valence-electron chi connectivity index (χ1n) is 3.76. The Kier molecular flexibility index (Phi) is 1.77. The number of ether oxygens (including phenoxy) is 1. The van der Waals surface area contributed by atoms with Gasteiger partial charge in [-0.3, -0.25) is 0 Å².